The third-order valence-corrected chi connectivity index (χ3v) is 8.42. The smallest absolute Gasteiger partial charge is 0.225 e. The first-order valence-electron chi connectivity index (χ1n) is 13.2. The number of pyridine rings is 1. The monoisotopic (exact) mass is 559 g/mol. The van der Waals surface area contributed by atoms with Crippen molar-refractivity contribution in [3.8, 4) is 16.9 Å². The lowest BCUT2D eigenvalue weighted by Crippen LogP contribution is -2.42. The molecule has 202 valence electrons. The number of benzene rings is 1. The first-order chi connectivity index (χ1) is 18.3. The van der Waals surface area contributed by atoms with E-state index in [2.05, 4.69) is 10.1 Å². The zero-order valence-corrected chi connectivity index (χ0v) is 22.9. The normalized spacial score (nSPS) is 17.9. The fourth-order valence-electron chi connectivity index (χ4n) is 5.52. The number of piperidine rings is 1. The van der Waals surface area contributed by atoms with E-state index in [1.165, 1.54) is 31.4 Å². The Morgan fingerprint density at radius 1 is 1.11 bits per heavy atom. The van der Waals surface area contributed by atoms with Crippen LogP contribution in [0.1, 0.15) is 69.6 Å². The van der Waals surface area contributed by atoms with Gasteiger partial charge >= 0.3 is 0 Å². The Balaban J connectivity index is 1.26. The lowest BCUT2D eigenvalue weighted by atomic mass is 9.87. The molecule has 7 nitrogen and oxygen atoms in total. The summed E-state index contributed by atoms with van der Waals surface area (Å²) >= 11 is 12.4. The van der Waals surface area contributed by atoms with Crippen molar-refractivity contribution < 1.29 is 13.9 Å². The van der Waals surface area contributed by atoms with Gasteiger partial charge in [-0.05, 0) is 50.8 Å². The maximum atomic E-state index is 14.0. The fourth-order valence-corrected chi connectivity index (χ4v) is 6.20. The number of nitrogen functional groups attached to an aromatic ring is 1. The van der Waals surface area contributed by atoms with Crippen LogP contribution in [0.5, 0.6) is 5.75 Å². The number of amides is 1. The molecule has 1 saturated heterocycles. The molecular formula is C28H32Cl2FN5O2. The summed E-state index contributed by atoms with van der Waals surface area (Å²) in [5.41, 5.74) is 8.09. The number of likely N-dealkylation sites (tertiary alicyclic amines) is 1. The van der Waals surface area contributed by atoms with Gasteiger partial charge in [0.1, 0.15) is 11.9 Å². The zero-order chi connectivity index (χ0) is 26.8. The summed E-state index contributed by atoms with van der Waals surface area (Å²) in [7, 11) is 0. The quantitative estimate of drug-likeness (QED) is 0.333. The number of rotatable bonds is 6. The van der Waals surface area contributed by atoms with Gasteiger partial charge in [-0.2, -0.15) is 5.10 Å². The fraction of sp³-hybridized carbons (Fsp3) is 0.464. The van der Waals surface area contributed by atoms with Crippen LogP contribution >= 0.6 is 23.2 Å². The Morgan fingerprint density at radius 2 is 1.84 bits per heavy atom. The van der Waals surface area contributed by atoms with Gasteiger partial charge in [0.05, 0.1) is 17.3 Å². The molecule has 1 saturated carbocycles. The van der Waals surface area contributed by atoms with Crippen LogP contribution in [0.25, 0.3) is 11.1 Å². The van der Waals surface area contributed by atoms with E-state index >= 15 is 0 Å². The molecule has 2 aliphatic rings. The van der Waals surface area contributed by atoms with Gasteiger partial charge in [-0.1, -0.05) is 42.5 Å². The molecule has 2 aromatic heterocycles. The lowest BCUT2D eigenvalue weighted by Gasteiger charge is -2.35. The molecule has 0 spiro atoms. The van der Waals surface area contributed by atoms with E-state index in [0.717, 1.165) is 49.9 Å². The highest BCUT2D eigenvalue weighted by atomic mass is 35.5. The highest BCUT2D eigenvalue weighted by molar-refractivity contribution is 6.36. The van der Waals surface area contributed by atoms with Crippen LogP contribution < -0.4 is 10.5 Å². The Morgan fingerprint density at radius 3 is 2.58 bits per heavy atom. The second-order valence-electron chi connectivity index (χ2n) is 10.2. The molecule has 0 bridgehead atoms. The molecule has 1 unspecified atom stereocenters. The van der Waals surface area contributed by atoms with Gasteiger partial charge in [0.15, 0.2) is 11.6 Å². The maximum absolute atomic E-state index is 14.0. The van der Waals surface area contributed by atoms with Gasteiger partial charge in [-0.15, -0.1) is 0 Å². The topological polar surface area (TPSA) is 86.3 Å². The standard InChI is InChI=1S/C28H32Cl2FN5O2/c1-17(25-22(29)7-8-23(31)26(25)30)38-24-13-19(14-33-27(24)32)20-15-34-36(16-20)21-9-11-35(12-10-21)28(37)18-5-3-2-4-6-18/h7-8,13-18,21H,2-6,9-12H2,1H3,(H2,32,33). The molecule has 0 radical (unpaired) electrons. The highest BCUT2D eigenvalue weighted by Gasteiger charge is 2.30. The van der Waals surface area contributed by atoms with Gasteiger partial charge in [0.2, 0.25) is 5.91 Å². The molecule has 2 fully saturated rings. The Kier molecular flexibility index (Phi) is 8.09. The molecule has 3 aromatic rings. The van der Waals surface area contributed by atoms with Crippen LogP contribution in [0.2, 0.25) is 10.0 Å². The number of hydrogen-bond acceptors (Lipinski definition) is 5. The summed E-state index contributed by atoms with van der Waals surface area (Å²) < 4.78 is 22.0. The van der Waals surface area contributed by atoms with Crippen molar-refractivity contribution in [1.29, 1.82) is 0 Å². The summed E-state index contributed by atoms with van der Waals surface area (Å²) in [6.07, 6.45) is 12.2. The maximum Gasteiger partial charge on any atom is 0.225 e. The van der Waals surface area contributed by atoms with Crippen molar-refractivity contribution in [2.24, 2.45) is 5.92 Å². The molecule has 1 aliphatic heterocycles. The van der Waals surface area contributed by atoms with Crippen molar-refractivity contribution >= 4 is 34.9 Å². The van der Waals surface area contributed by atoms with E-state index in [0.29, 0.717) is 22.2 Å². The summed E-state index contributed by atoms with van der Waals surface area (Å²) in [5.74, 6) is 0.514. The van der Waals surface area contributed by atoms with E-state index in [4.69, 9.17) is 33.7 Å². The molecule has 5 rings (SSSR count). The Bertz CT molecular complexity index is 1300. The van der Waals surface area contributed by atoms with Crippen LogP contribution in [-0.4, -0.2) is 38.7 Å². The van der Waals surface area contributed by atoms with E-state index in [1.807, 2.05) is 15.8 Å². The number of halogens is 3. The number of carbonyl (C=O) groups is 1. The summed E-state index contributed by atoms with van der Waals surface area (Å²) in [6, 6.07) is 4.68. The molecule has 1 aromatic carbocycles. The zero-order valence-electron chi connectivity index (χ0n) is 21.4. The minimum atomic E-state index is -0.658. The van der Waals surface area contributed by atoms with Gasteiger partial charge in [0, 0.05) is 53.1 Å². The third-order valence-electron chi connectivity index (χ3n) is 7.71. The second kappa shape index (κ2) is 11.5. The average molecular weight is 561 g/mol. The molecule has 1 aliphatic carbocycles. The van der Waals surface area contributed by atoms with Crippen LogP contribution in [-0.2, 0) is 4.79 Å². The Labute approximate surface area is 232 Å². The first kappa shape index (κ1) is 26.8. The SMILES string of the molecule is CC(Oc1cc(-c2cnn(C3CCN(C(=O)C4CCCCC4)CC3)c2)cnc1N)c1c(Cl)ccc(F)c1Cl. The van der Waals surface area contributed by atoms with E-state index in [9.17, 15) is 9.18 Å². The van der Waals surface area contributed by atoms with Crippen molar-refractivity contribution in [3.63, 3.8) is 0 Å². The average Bonchev–Trinajstić information content (AvgIpc) is 3.43. The number of nitrogens with two attached hydrogens (primary N) is 1. The van der Waals surface area contributed by atoms with E-state index in [-0.39, 0.29) is 22.8 Å². The van der Waals surface area contributed by atoms with E-state index < -0.39 is 11.9 Å². The number of nitrogens with zero attached hydrogens (tertiary/aromatic N) is 4. The van der Waals surface area contributed by atoms with Crippen molar-refractivity contribution in [2.75, 3.05) is 18.8 Å². The highest BCUT2D eigenvalue weighted by Crippen LogP contribution is 2.37. The second-order valence-corrected chi connectivity index (χ2v) is 11.0. The third kappa shape index (κ3) is 5.61. The van der Waals surface area contributed by atoms with Crippen LogP contribution in [0, 0.1) is 11.7 Å². The van der Waals surface area contributed by atoms with Gasteiger partial charge in [-0.3, -0.25) is 9.48 Å². The predicted octanol–water partition coefficient (Wildman–Crippen LogP) is 6.86. The number of hydrogen-bond donors (Lipinski definition) is 1. The first-order valence-corrected chi connectivity index (χ1v) is 14.0. The van der Waals surface area contributed by atoms with E-state index in [1.54, 1.807) is 25.4 Å². The van der Waals surface area contributed by atoms with Crippen molar-refractivity contribution in [1.82, 2.24) is 19.7 Å². The van der Waals surface area contributed by atoms with Crippen molar-refractivity contribution in [3.05, 3.63) is 58.2 Å². The molecule has 1 amide bonds. The molecule has 38 heavy (non-hydrogen) atoms. The largest absolute Gasteiger partial charge is 0.482 e. The molecule has 1 atom stereocenters. The number of carbonyl (C=O) groups excluding carboxylic acids is 1. The lowest BCUT2D eigenvalue weighted by molar-refractivity contribution is -0.137. The molecule has 3 heterocycles. The van der Waals surface area contributed by atoms with Gasteiger partial charge in [0.25, 0.3) is 0 Å². The summed E-state index contributed by atoms with van der Waals surface area (Å²) in [6.45, 7) is 3.25. The number of anilines is 1. The van der Waals surface area contributed by atoms with Crippen LogP contribution in [0.3, 0.4) is 0 Å². The molecular weight excluding hydrogens is 528 g/mol. The van der Waals surface area contributed by atoms with Gasteiger partial charge < -0.3 is 15.4 Å². The Hall–Kier alpha value is -2.84. The molecule has 10 heteroatoms. The van der Waals surface area contributed by atoms with Crippen LogP contribution in [0.15, 0.2) is 36.8 Å². The summed E-state index contributed by atoms with van der Waals surface area (Å²) in [5, 5.41) is 4.83. The minimum Gasteiger partial charge on any atom is -0.482 e. The van der Waals surface area contributed by atoms with Crippen LogP contribution in [0.4, 0.5) is 10.2 Å². The van der Waals surface area contributed by atoms with Gasteiger partial charge in [-0.25, -0.2) is 9.37 Å². The predicted molar refractivity (Wildman–Crippen MR) is 147 cm³/mol. The number of ether oxygens (including phenoxy) is 1. The molecule has 2 N–H and O–H groups in total. The summed E-state index contributed by atoms with van der Waals surface area (Å²) in [4.78, 5) is 19.2. The number of aromatic nitrogens is 3. The minimum absolute atomic E-state index is 0.0829. The van der Waals surface area contributed by atoms with Crippen molar-refractivity contribution in [2.45, 2.75) is 64.0 Å².